The van der Waals surface area contributed by atoms with Gasteiger partial charge in [-0.3, -0.25) is 0 Å². The largest absolute Gasteiger partial charge is 0.399 e. The van der Waals surface area contributed by atoms with E-state index < -0.39 is 10.0 Å². The molecule has 0 saturated heterocycles. The number of hydrogen-bond acceptors (Lipinski definition) is 4. The highest BCUT2D eigenvalue weighted by Crippen LogP contribution is 2.38. The van der Waals surface area contributed by atoms with Crippen molar-refractivity contribution in [2.75, 3.05) is 33.4 Å². The van der Waals surface area contributed by atoms with Crippen LogP contribution in [0.1, 0.15) is 19.3 Å². The molecule has 0 aliphatic heterocycles. The van der Waals surface area contributed by atoms with Crippen molar-refractivity contribution < 1.29 is 8.42 Å². The SMILES string of the molecule is CN(C)C1(CN(C)S(=O)(=O)c2ccc(N)cc2Cl)CCC1. The van der Waals surface area contributed by atoms with Gasteiger partial charge in [-0.2, -0.15) is 4.31 Å². The Morgan fingerprint density at radius 2 is 1.90 bits per heavy atom. The number of anilines is 1. The zero-order valence-electron chi connectivity index (χ0n) is 12.6. The third-order valence-electron chi connectivity index (χ3n) is 4.39. The van der Waals surface area contributed by atoms with Crippen LogP contribution >= 0.6 is 11.6 Å². The summed E-state index contributed by atoms with van der Waals surface area (Å²) in [6.45, 7) is 0.461. The lowest BCUT2D eigenvalue weighted by molar-refractivity contribution is 0.0455. The zero-order valence-corrected chi connectivity index (χ0v) is 14.2. The second kappa shape index (κ2) is 5.76. The highest BCUT2D eigenvalue weighted by atomic mass is 35.5. The van der Waals surface area contributed by atoms with Crippen LogP contribution in [0, 0.1) is 0 Å². The Kier molecular flexibility index (Phi) is 4.54. The van der Waals surface area contributed by atoms with E-state index in [1.807, 2.05) is 14.1 Å². The first-order chi connectivity index (χ1) is 9.69. The van der Waals surface area contributed by atoms with Crippen LogP contribution < -0.4 is 5.73 Å². The van der Waals surface area contributed by atoms with Gasteiger partial charge in [-0.25, -0.2) is 8.42 Å². The molecule has 7 heteroatoms. The Morgan fingerprint density at radius 3 is 2.33 bits per heavy atom. The first kappa shape index (κ1) is 16.5. The van der Waals surface area contributed by atoms with Gasteiger partial charge in [0.15, 0.2) is 0 Å². The van der Waals surface area contributed by atoms with Gasteiger partial charge in [-0.05, 0) is 51.6 Å². The van der Waals surface area contributed by atoms with Gasteiger partial charge in [-0.1, -0.05) is 11.6 Å². The fourth-order valence-corrected chi connectivity index (χ4v) is 4.50. The van der Waals surface area contributed by atoms with Crippen molar-refractivity contribution in [2.45, 2.75) is 29.7 Å². The number of nitrogen functional groups attached to an aromatic ring is 1. The molecule has 1 fully saturated rings. The molecule has 0 amide bonds. The summed E-state index contributed by atoms with van der Waals surface area (Å²) in [6, 6.07) is 4.48. The summed E-state index contributed by atoms with van der Waals surface area (Å²) >= 11 is 6.04. The number of nitrogens with zero attached hydrogens (tertiary/aromatic N) is 2. The second-order valence-electron chi connectivity index (χ2n) is 5.92. The molecule has 0 unspecified atom stereocenters. The van der Waals surface area contributed by atoms with Crippen LogP contribution in [0.25, 0.3) is 0 Å². The third kappa shape index (κ3) is 3.04. The van der Waals surface area contributed by atoms with Crippen LogP contribution in [0.15, 0.2) is 23.1 Å². The van der Waals surface area contributed by atoms with E-state index in [4.69, 9.17) is 17.3 Å². The van der Waals surface area contributed by atoms with Gasteiger partial charge < -0.3 is 10.6 Å². The number of sulfonamides is 1. The predicted molar refractivity (Wildman–Crippen MR) is 85.9 cm³/mol. The Hall–Kier alpha value is -0.820. The van der Waals surface area contributed by atoms with E-state index in [1.54, 1.807) is 13.1 Å². The van der Waals surface area contributed by atoms with Crippen molar-refractivity contribution in [1.82, 2.24) is 9.21 Å². The van der Waals surface area contributed by atoms with E-state index in [0.29, 0.717) is 12.2 Å². The minimum atomic E-state index is -3.61. The number of halogens is 1. The number of nitrogens with two attached hydrogens (primary N) is 1. The quantitative estimate of drug-likeness (QED) is 0.838. The topological polar surface area (TPSA) is 66.6 Å². The minimum Gasteiger partial charge on any atom is -0.399 e. The molecule has 5 nitrogen and oxygen atoms in total. The van der Waals surface area contributed by atoms with Crippen molar-refractivity contribution in [3.05, 3.63) is 23.2 Å². The molecule has 1 aliphatic carbocycles. The Balaban J connectivity index is 2.27. The predicted octanol–water partition coefficient (Wildman–Crippen LogP) is 2.03. The maximum Gasteiger partial charge on any atom is 0.244 e. The molecule has 0 bridgehead atoms. The van der Waals surface area contributed by atoms with Crippen molar-refractivity contribution in [3.8, 4) is 0 Å². The van der Waals surface area contributed by atoms with Gasteiger partial charge in [0.25, 0.3) is 0 Å². The molecule has 0 aromatic heterocycles. The lowest BCUT2D eigenvalue weighted by atomic mass is 9.75. The van der Waals surface area contributed by atoms with Crippen molar-refractivity contribution in [3.63, 3.8) is 0 Å². The van der Waals surface area contributed by atoms with Crippen LogP contribution in [0.4, 0.5) is 5.69 Å². The normalized spacial score (nSPS) is 18.0. The third-order valence-corrected chi connectivity index (χ3v) is 6.68. The summed E-state index contributed by atoms with van der Waals surface area (Å²) in [7, 11) is 1.98. The molecule has 0 spiro atoms. The van der Waals surface area contributed by atoms with Gasteiger partial charge in [0.1, 0.15) is 4.90 Å². The first-order valence-electron chi connectivity index (χ1n) is 6.88. The smallest absolute Gasteiger partial charge is 0.244 e. The lowest BCUT2D eigenvalue weighted by Gasteiger charge is -2.48. The summed E-state index contributed by atoms with van der Waals surface area (Å²) in [6.07, 6.45) is 3.15. The number of hydrogen-bond donors (Lipinski definition) is 1. The molecule has 0 radical (unpaired) electrons. The molecular weight excluding hydrogens is 310 g/mol. The molecule has 1 aliphatic rings. The molecule has 1 saturated carbocycles. The van der Waals surface area contributed by atoms with E-state index >= 15 is 0 Å². The fraction of sp³-hybridized carbons (Fsp3) is 0.571. The molecular formula is C14H22ClN3O2S. The first-order valence-corrected chi connectivity index (χ1v) is 8.70. The summed E-state index contributed by atoms with van der Waals surface area (Å²) in [5.74, 6) is 0. The lowest BCUT2D eigenvalue weighted by Crippen LogP contribution is -2.57. The van der Waals surface area contributed by atoms with E-state index in [-0.39, 0.29) is 15.5 Å². The van der Waals surface area contributed by atoms with E-state index in [1.165, 1.54) is 16.4 Å². The van der Waals surface area contributed by atoms with Crippen molar-refractivity contribution >= 4 is 27.3 Å². The average Bonchev–Trinajstić information content (AvgIpc) is 2.32. The molecule has 0 atom stereocenters. The van der Waals surface area contributed by atoms with E-state index in [2.05, 4.69) is 4.90 Å². The second-order valence-corrected chi connectivity index (χ2v) is 8.34. The summed E-state index contributed by atoms with van der Waals surface area (Å²) in [5.41, 5.74) is 6.00. The van der Waals surface area contributed by atoms with Crippen LogP contribution in [-0.4, -0.2) is 50.8 Å². The molecule has 0 heterocycles. The van der Waals surface area contributed by atoms with Crippen LogP contribution in [0.2, 0.25) is 5.02 Å². The number of rotatable bonds is 5. The van der Waals surface area contributed by atoms with Crippen molar-refractivity contribution in [2.24, 2.45) is 0 Å². The molecule has 1 aromatic rings. The van der Waals surface area contributed by atoms with Crippen LogP contribution in [0.3, 0.4) is 0 Å². The summed E-state index contributed by atoms with van der Waals surface area (Å²) in [5, 5.41) is 0.161. The van der Waals surface area contributed by atoms with Crippen LogP contribution in [0.5, 0.6) is 0 Å². The zero-order chi connectivity index (χ0) is 15.8. The molecule has 118 valence electrons. The average molecular weight is 332 g/mol. The monoisotopic (exact) mass is 331 g/mol. The van der Waals surface area contributed by atoms with Crippen molar-refractivity contribution in [1.29, 1.82) is 0 Å². The fourth-order valence-electron chi connectivity index (χ4n) is 2.73. The van der Waals surface area contributed by atoms with E-state index in [9.17, 15) is 8.42 Å². The van der Waals surface area contributed by atoms with Gasteiger partial charge in [0.2, 0.25) is 10.0 Å². The van der Waals surface area contributed by atoms with Crippen LogP contribution in [-0.2, 0) is 10.0 Å². The van der Waals surface area contributed by atoms with Gasteiger partial charge >= 0.3 is 0 Å². The Labute approximate surface area is 131 Å². The standard InChI is InChI=1S/C14H22ClN3O2S/c1-17(2)14(7-4-8-14)10-18(3)21(19,20)13-6-5-11(16)9-12(13)15/h5-6,9H,4,7-8,10,16H2,1-3H3. The van der Waals surface area contributed by atoms with Gasteiger partial charge in [0, 0.05) is 24.8 Å². The van der Waals surface area contributed by atoms with E-state index in [0.717, 1.165) is 19.3 Å². The summed E-state index contributed by atoms with van der Waals surface area (Å²) in [4.78, 5) is 2.22. The number of benzene rings is 1. The maximum atomic E-state index is 12.7. The highest BCUT2D eigenvalue weighted by molar-refractivity contribution is 7.89. The highest BCUT2D eigenvalue weighted by Gasteiger charge is 2.42. The molecule has 21 heavy (non-hydrogen) atoms. The Bertz CT molecular complexity index is 627. The maximum absolute atomic E-state index is 12.7. The Morgan fingerprint density at radius 1 is 1.29 bits per heavy atom. The molecule has 1 aromatic carbocycles. The van der Waals surface area contributed by atoms with Gasteiger partial charge in [-0.15, -0.1) is 0 Å². The molecule has 2 rings (SSSR count). The number of likely N-dealkylation sites (N-methyl/N-ethyl adjacent to an activating group) is 2. The minimum absolute atomic E-state index is 0.0674. The van der Waals surface area contributed by atoms with Gasteiger partial charge in [0.05, 0.1) is 5.02 Å². The summed E-state index contributed by atoms with van der Waals surface area (Å²) < 4.78 is 26.8. The molecule has 2 N–H and O–H groups in total.